The Bertz CT molecular complexity index is 1190. The number of anilines is 1. The molecule has 3 N–H and O–H groups in total. The van der Waals surface area contributed by atoms with Gasteiger partial charge in [0.15, 0.2) is 23.0 Å². The first-order valence-corrected chi connectivity index (χ1v) is 8.21. The number of amides is 1. The van der Waals surface area contributed by atoms with E-state index in [1.54, 1.807) is 18.4 Å². The van der Waals surface area contributed by atoms with Gasteiger partial charge in [-0.3, -0.25) is 4.79 Å². The molecular formula is C16H15N9O3. The summed E-state index contributed by atoms with van der Waals surface area (Å²) in [5, 5.41) is 18.8. The van der Waals surface area contributed by atoms with Crippen molar-refractivity contribution in [3.05, 3.63) is 35.7 Å². The lowest BCUT2D eigenvalue weighted by Crippen LogP contribution is -2.25. The average Bonchev–Trinajstić information content (AvgIpc) is 3.39. The average molecular weight is 381 g/mol. The molecule has 142 valence electrons. The molecule has 0 unspecified atom stereocenters. The predicted octanol–water partition coefficient (Wildman–Crippen LogP) is 0.900. The number of para-hydroxylation sites is 2. The maximum Gasteiger partial charge on any atom is 0.260 e. The zero-order valence-corrected chi connectivity index (χ0v) is 14.9. The Balaban J connectivity index is 1.63. The minimum Gasteiger partial charge on any atom is -0.379 e. The van der Waals surface area contributed by atoms with Crippen LogP contribution in [0.5, 0.6) is 0 Å². The van der Waals surface area contributed by atoms with Gasteiger partial charge in [0.05, 0.1) is 16.7 Å². The number of benzene rings is 1. The first-order chi connectivity index (χ1) is 13.5. The number of nitrogens with zero attached hydrogens (tertiary/aromatic N) is 7. The van der Waals surface area contributed by atoms with Gasteiger partial charge in [0.1, 0.15) is 12.2 Å². The summed E-state index contributed by atoms with van der Waals surface area (Å²) < 4.78 is 11.0. The van der Waals surface area contributed by atoms with Gasteiger partial charge in [0.25, 0.3) is 5.91 Å². The molecule has 1 aromatic carbocycles. The van der Waals surface area contributed by atoms with Crippen molar-refractivity contribution in [2.45, 2.75) is 20.4 Å². The maximum atomic E-state index is 12.5. The van der Waals surface area contributed by atoms with Crippen LogP contribution in [0.25, 0.3) is 22.6 Å². The standard InChI is InChI=1S/C16H15N9O3/c1-8(13-9(2)21-27-22-13)19-20-12(26)7-25-11-6-4-3-5-10(11)18-16(25)14-15(17)24-28-23-14/h3-6H,7H2,1-2H3,(H2,17,24)(H,20,26). The van der Waals surface area contributed by atoms with Crippen molar-refractivity contribution in [2.24, 2.45) is 5.10 Å². The van der Waals surface area contributed by atoms with Crippen LogP contribution in [0.2, 0.25) is 0 Å². The quantitative estimate of drug-likeness (QED) is 0.377. The zero-order chi connectivity index (χ0) is 19.7. The summed E-state index contributed by atoms with van der Waals surface area (Å²) in [6, 6.07) is 7.34. The number of aromatic nitrogens is 6. The summed E-state index contributed by atoms with van der Waals surface area (Å²) in [6.45, 7) is 3.34. The number of carbonyl (C=O) groups excluding carboxylic acids is 1. The first-order valence-electron chi connectivity index (χ1n) is 8.21. The highest BCUT2D eigenvalue weighted by Crippen LogP contribution is 2.26. The molecule has 12 heteroatoms. The van der Waals surface area contributed by atoms with Gasteiger partial charge in [-0.2, -0.15) is 5.10 Å². The fourth-order valence-corrected chi connectivity index (χ4v) is 2.70. The summed E-state index contributed by atoms with van der Waals surface area (Å²) in [5.41, 5.74) is 11.5. The van der Waals surface area contributed by atoms with Gasteiger partial charge < -0.3 is 10.3 Å². The Kier molecular flexibility index (Phi) is 4.27. The van der Waals surface area contributed by atoms with Crippen molar-refractivity contribution in [1.29, 1.82) is 0 Å². The van der Waals surface area contributed by atoms with Crippen molar-refractivity contribution in [1.82, 2.24) is 35.6 Å². The monoisotopic (exact) mass is 381 g/mol. The Morgan fingerprint density at radius 1 is 1.21 bits per heavy atom. The third kappa shape index (κ3) is 3.06. The minimum absolute atomic E-state index is 0.0744. The van der Waals surface area contributed by atoms with Crippen LogP contribution in [-0.2, 0) is 11.3 Å². The van der Waals surface area contributed by atoms with Crippen LogP contribution < -0.4 is 11.2 Å². The molecule has 3 aromatic heterocycles. The number of carbonyl (C=O) groups is 1. The lowest BCUT2D eigenvalue weighted by atomic mass is 10.2. The Labute approximate surface area is 157 Å². The normalized spacial score (nSPS) is 11.9. The molecule has 4 rings (SSSR count). The Hall–Kier alpha value is -4.09. The lowest BCUT2D eigenvalue weighted by molar-refractivity contribution is -0.121. The van der Waals surface area contributed by atoms with Crippen LogP contribution in [0.4, 0.5) is 5.82 Å². The maximum absolute atomic E-state index is 12.5. The van der Waals surface area contributed by atoms with Crippen LogP contribution in [0.1, 0.15) is 18.3 Å². The van der Waals surface area contributed by atoms with E-state index >= 15 is 0 Å². The van der Waals surface area contributed by atoms with E-state index in [1.165, 1.54) is 0 Å². The SMILES string of the molecule is CC(=NNC(=O)Cn1c(-c2nonc2N)nc2ccccc21)c1nonc1C. The molecule has 0 aliphatic heterocycles. The van der Waals surface area contributed by atoms with Gasteiger partial charge in [-0.1, -0.05) is 17.3 Å². The van der Waals surface area contributed by atoms with Crippen molar-refractivity contribution in [3.63, 3.8) is 0 Å². The number of hydrogen-bond donors (Lipinski definition) is 2. The van der Waals surface area contributed by atoms with Gasteiger partial charge in [-0.25, -0.2) is 19.7 Å². The lowest BCUT2D eigenvalue weighted by Gasteiger charge is -2.07. The highest BCUT2D eigenvalue weighted by molar-refractivity contribution is 5.98. The van der Waals surface area contributed by atoms with E-state index in [0.29, 0.717) is 28.4 Å². The van der Waals surface area contributed by atoms with E-state index < -0.39 is 0 Å². The van der Waals surface area contributed by atoms with E-state index in [-0.39, 0.29) is 24.0 Å². The molecule has 1 amide bonds. The fraction of sp³-hybridized carbons (Fsp3) is 0.188. The van der Waals surface area contributed by atoms with Crippen LogP contribution >= 0.6 is 0 Å². The second-order valence-electron chi connectivity index (χ2n) is 5.94. The van der Waals surface area contributed by atoms with E-state index in [1.807, 2.05) is 24.3 Å². The molecule has 0 saturated heterocycles. The Morgan fingerprint density at radius 3 is 2.71 bits per heavy atom. The number of hydrazone groups is 1. The van der Waals surface area contributed by atoms with Gasteiger partial charge in [-0.15, -0.1) is 0 Å². The second kappa shape index (κ2) is 6.90. The zero-order valence-electron chi connectivity index (χ0n) is 14.9. The van der Waals surface area contributed by atoms with Crippen molar-refractivity contribution in [3.8, 4) is 11.5 Å². The molecule has 4 aromatic rings. The molecule has 0 radical (unpaired) electrons. The molecule has 0 fully saturated rings. The molecule has 0 aliphatic carbocycles. The Morgan fingerprint density at radius 2 is 2.00 bits per heavy atom. The number of rotatable bonds is 5. The molecule has 0 saturated carbocycles. The second-order valence-corrected chi connectivity index (χ2v) is 5.94. The topological polar surface area (TPSA) is 163 Å². The molecule has 0 spiro atoms. The third-order valence-corrected chi connectivity index (χ3v) is 4.03. The number of fused-ring (bicyclic) bond motifs is 1. The van der Waals surface area contributed by atoms with Crippen molar-refractivity contribution >= 4 is 28.5 Å². The molecule has 12 nitrogen and oxygen atoms in total. The van der Waals surface area contributed by atoms with Crippen LogP contribution in [0, 0.1) is 6.92 Å². The number of nitrogens with one attached hydrogen (secondary N) is 1. The summed E-state index contributed by atoms with van der Waals surface area (Å²) >= 11 is 0. The largest absolute Gasteiger partial charge is 0.379 e. The summed E-state index contributed by atoms with van der Waals surface area (Å²) in [6.07, 6.45) is 0. The van der Waals surface area contributed by atoms with Crippen LogP contribution in [-0.4, -0.2) is 41.8 Å². The number of aryl methyl sites for hydroxylation is 1. The van der Waals surface area contributed by atoms with Crippen LogP contribution in [0.15, 0.2) is 38.6 Å². The van der Waals surface area contributed by atoms with Gasteiger partial charge in [-0.05, 0) is 41.5 Å². The summed E-state index contributed by atoms with van der Waals surface area (Å²) in [4.78, 5) is 17.0. The molecule has 28 heavy (non-hydrogen) atoms. The molecular weight excluding hydrogens is 366 g/mol. The van der Waals surface area contributed by atoms with Crippen molar-refractivity contribution < 1.29 is 14.1 Å². The molecule has 3 heterocycles. The van der Waals surface area contributed by atoms with Gasteiger partial charge in [0, 0.05) is 0 Å². The summed E-state index contributed by atoms with van der Waals surface area (Å²) in [7, 11) is 0. The molecule has 0 aliphatic rings. The highest BCUT2D eigenvalue weighted by atomic mass is 16.6. The van der Waals surface area contributed by atoms with Crippen LogP contribution in [0.3, 0.4) is 0 Å². The molecule has 0 bridgehead atoms. The number of imidazole rings is 1. The predicted molar refractivity (Wildman–Crippen MR) is 96.8 cm³/mol. The van der Waals surface area contributed by atoms with Gasteiger partial charge >= 0.3 is 0 Å². The number of nitrogens with two attached hydrogens (primary N) is 1. The van der Waals surface area contributed by atoms with Crippen molar-refractivity contribution in [2.75, 3.05) is 5.73 Å². The molecule has 0 atom stereocenters. The van der Waals surface area contributed by atoms with E-state index in [4.69, 9.17) is 5.73 Å². The minimum atomic E-state index is -0.382. The highest BCUT2D eigenvalue weighted by Gasteiger charge is 2.20. The summed E-state index contributed by atoms with van der Waals surface area (Å²) in [5.74, 6) is 0.0695. The van der Waals surface area contributed by atoms with E-state index in [9.17, 15) is 4.79 Å². The smallest absolute Gasteiger partial charge is 0.260 e. The van der Waals surface area contributed by atoms with E-state index in [2.05, 4.69) is 45.4 Å². The number of nitrogen functional groups attached to an aromatic ring is 1. The third-order valence-electron chi connectivity index (χ3n) is 4.03. The fourth-order valence-electron chi connectivity index (χ4n) is 2.70. The first kappa shape index (κ1) is 17.3. The van der Waals surface area contributed by atoms with Gasteiger partial charge in [0.2, 0.25) is 0 Å². The number of hydrogen-bond acceptors (Lipinski definition) is 10. The van der Waals surface area contributed by atoms with E-state index in [0.717, 1.165) is 5.52 Å².